The van der Waals surface area contributed by atoms with E-state index in [0.717, 1.165) is 4.90 Å². The van der Waals surface area contributed by atoms with Crippen LogP contribution in [0.1, 0.15) is 27.2 Å². The minimum atomic E-state index is -1.00. The second kappa shape index (κ2) is 5.27. The lowest BCUT2D eigenvalue weighted by Gasteiger charge is -2.21. The highest BCUT2D eigenvalue weighted by molar-refractivity contribution is 6.05. The average Bonchev–Trinajstić information content (AvgIpc) is 2.49. The van der Waals surface area contributed by atoms with Crippen molar-refractivity contribution in [1.29, 1.82) is 0 Å². The van der Waals surface area contributed by atoms with Gasteiger partial charge in [0.25, 0.3) is 0 Å². The molecule has 1 saturated heterocycles. The van der Waals surface area contributed by atoms with Gasteiger partial charge in [0.1, 0.15) is 6.04 Å². The van der Waals surface area contributed by atoms with Gasteiger partial charge in [0.15, 0.2) is 0 Å². The summed E-state index contributed by atoms with van der Waals surface area (Å²) >= 11 is 0. The molecule has 1 aliphatic heterocycles. The predicted octanol–water partition coefficient (Wildman–Crippen LogP) is -0.167. The molecule has 2 amide bonds. The quantitative estimate of drug-likeness (QED) is 0.654. The van der Waals surface area contributed by atoms with Crippen LogP contribution in [0.2, 0.25) is 0 Å². The van der Waals surface area contributed by atoms with Crippen molar-refractivity contribution in [3.8, 4) is 0 Å². The number of hydrogen-bond donors (Lipinski definition) is 2. The lowest BCUT2D eigenvalue weighted by molar-refractivity contribution is -0.141. The van der Waals surface area contributed by atoms with E-state index in [1.807, 2.05) is 0 Å². The molecule has 1 rings (SSSR count). The topological polar surface area (TPSA) is 86.7 Å². The van der Waals surface area contributed by atoms with Crippen molar-refractivity contribution in [2.24, 2.45) is 5.92 Å². The molecule has 6 nitrogen and oxygen atoms in total. The minimum absolute atomic E-state index is 0.0448. The average molecular weight is 242 g/mol. The first-order chi connectivity index (χ1) is 7.88. The second-order valence-corrected chi connectivity index (χ2v) is 4.46. The minimum Gasteiger partial charge on any atom is -0.480 e. The van der Waals surface area contributed by atoms with Crippen LogP contribution in [0.15, 0.2) is 0 Å². The Morgan fingerprint density at radius 3 is 2.47 bits per heavy atom. The van der Waals surface area contributed by atoms with E-state index in [9.17, 15) is 14.4 Å². The van der Waals surface area contributed by atoms with Gasteiger partial charge in [-0.05, 0) is 12.8 Å². The van der Waals surface area contributed by atoms with E-state index < -0.39 is 18.1 Å². The molecular weight excluding hydrogens is 224 g/mol. The molecule has 96 valence electrons. The molecule has 1 fully saturated rings. The maximum absolute atomic E-state index is 11.8. The normalized spacial score (nSPS) is 22.4. The van der Waals surface area contributed by atoms with Crippen LogP contribution in [-0.2, 0) is 14.4 Å². The number of likely N-dealkylation sites (N-methyl/N-ethyl adjacent to an activating group) is 1. The Morgan fingerprint density at radius 1 is 1.53 bits per heavy atom. The maximum Gasteiger partial charge on any atom is 0.320 e. The summed E-state index contributed by atoms with van der Waals surface area (Å²) < 4.78 is 0. The van der Waals surface area contributed by atoms with Crippen LogP contribution in [0.25, 0.3) is 0 Å². The van der Waals surface area contributed by atoms with Gasteiger partial charge in [0.05, 0.1) is 12.5 Å². The molecule has 0 aromatic heterocycles. The highest BCUT2D eigenvalue weighted by Gasteiger charge is 2.39. The number of aliphatic carboxylic acids is 1. The Hall–Kier alpha value is -1.43. The van der Waals surface area contributed by atoms with Crippen LogP contribution in [0, 0.1) is 5.92 Å². The zero-order chi connectivity index (χ0) is 13.2. The highest BCUT2D eigenvalue weighted by Crippen LogP contribution is 2.15. The van der Waals surface area contributed by atoms with Gasteiger partial charge in [-0.1, -0.05) is 13.8 Å². The number of nitrogens with zero attached hydrogens (tertiary/aromatic N) is 1. The SMILES string of the molecule is CCN1C(=O)CC(NC(C(=O)O)C(C)C)C1=O. The summed E-state index contributed by atoms with van der Waals surface area (Å²) in [6.07, 6.45) is 0.0448. The number of rotatable bonds is 5. The maximum atomic E-state index is 11.8. The lowest BCUT2D eigenvalue weighted by atomic mass is 10.0. The number of carboxylic acid groups (broad SMARTS) is 1. The van der Waals surface area contributed by atoms with Crippen LogP contribution in [-0.4, -0.2) is 46.4 Å². The summed E-state index contributed by atoms with van der Waals surface area (Å²) in [4.78, 5) is 35.4. The van der Waals surface area contributed by atoms with E-state index >= 15 is 0 Å². The molecule has 6 heteroatoms. The number of carbonyl (C=O) groups excluding carboxylic acids is 2. The Labute approximate surface area is 100.0 Å². The number of nitrogens with one attached hydrogen (secondary N) is 1. The van der Waals surface area contributed by atoms with Gasteiger partial charge in [-0.2, -0.15) is 0 Å². The molecule has 0 aliphatic carbocycles. The monoisotopic (exact) mass is 242 g/mol. The fourth-order valence-electron chi connectivity index (χ4n) is 1.91. The summed E-state index contributed by atoms with van der Waals surface area (Å²) in [6, 6.07) is -1.51. The van der Waals surface area contributed by atoms with Gasteiger partial charge >= 0.3 is 5.97 Å². The molecule has 2 N–H and O–H groups in total. The van der Waals surface area contributed by atoms with Gasteiger partial charge < -0.3 is 5.11 Å². The fraction of sp³-hybridized carbons (Fsp3) is 0.727. The zero-order valence-corrected chi connectivity index (χ0v) is 10.3. The van der Waals surface area contributed by atoms with E-state index in [1.165, 1.54) is 0 Å². The number of imide groups is 1. The van der Waals surface area contributed by atoms with Crippen LogP contribution in [0.5, 0.6) is 0 Å². The molecule has 2 unspecified atom stereocenters. The molecule has 17 heavy (non-hydrogen) atoms. The van der Waals surface area contributed by atoms with Crippen molar-refractivity contribution >= 4 is 17.8 Å². The van der Waals surface area contributed by atoms with E-state index in [1.54, 1.807) is 20.8 Å². The van der Waals surface area contributed by atoms with Gasteiger partial charge in [-0.15, -0.1) is 0 Å². The first-order valence-electron chi connectivity index (χ1n) is 5.71. The molecule has 1 aliphatic rings. The third-order valence-corrected chi connectivity index (χ3v) is 2.87. The summed E-state index contributed by atoms with van der Waals surface area (Å²) in [5.41, 5.74) is 0. The number of hydrogen-bond acceptors (Lipinski definition) is 4. The Balaban J connectivity index is 2.73. The predicted molar refractivity (Wildman–Crippen MR) is 60.2 cm³/mol. The molecule has 0 saturated carbocycles. The molecule has 0 aromatic carbocycles. The number of carboxylic acids is 1. The first kappa shape index (κ1) is 13.6. The van der Waals surface area contributed by atoms with Crippen LogP contribution in [0.3, 0.4) is 0 Å². The summed E-state index contributed by atoms with van der Waals surface area (Å²) in [7, 11) is 0. The summed E-state index contributed by atoms with van der Waals surface area (Å²) in [5, 5.41) is 11.8. The molecule has 1 heterocycles. The van der Waals surface area contributed by atoms with E-state index in [-0.39, 0.29) is 24.2 Å². The second-order valence-electron chi connectivity index (χ2n) is 4.46. The van der Waals surface area contributed by atoms with Crippen molar-refractivity contribution in [2.75, 3.05) is 6.54 Å². The fourth-order valence-corrected chi connectivity index (χ4v) is 1.91. The number of likely N-dealkylation sites (tertiary alicyclic amines) is 1. The Bertz CT molecular complexity index is 340. The molecule has 0 spiro atoms. The number of amides is 2. The van der Waals surface area contributed by atoms with Crippen LogP contribution < -0.4 is 5.32 Å². The Morgan fingerprint density at radius 2 is 2.12 bits per heavy atom. The van der Waals surface area contributed by atoms with E-state index in [4.69, 9.17) is 5.11 Å². The smallest absolute Gasteiger partial charge is 0.320 e. The molecular formula is C11H18N2O4. The summed E-state index contributed by atoms with van der Waals surface area (Å²) in [5.74, 6) is -1.73. The van der Waals surface area contributed by atoms with Gasteiger partial charge in [0.2, 0.25) is 11.8 Å². The molecule has 0 aromatic rings. The Kier molecular flexibility index (Phi) is 4.22. The van der Waals surface area contributed by atoms with E-state index in [2.05, 4.69) is 5.32 Å². The third-order valence-electron chi connectivity index (χ3n) is 2.87. The molecule has 2 atom stereocenters. The van der Waals surface area contributed by atoms with Crippen molar-refractivity contribution in [2.45, 2.75) is 39.3 Å². The standard InChI is InChI=1S/C11H18N2O4/c1-4-13-8(14)5-7(10(13)15)12-9(6(2)3)11(16)17/h6-7,9,12H,4-5H2,1-3H3,(H,16,17). The van der Waals surface area contributed by atoms with Crippen molar-refractivity contribution in [3.63, 3.8) is 0 Å². The van der Waals surface area contributed by atoms with Crippen LogP contribution in [0.4, 0.5) is 0 Å². The van der Waals surface area contributed by atoms with Gasteiger partial charge in [-0.25, -0.2) is 0 Å². The molecule has 0 radical (unpaired) electrons. The lowest BCUT2D eigenvalue weighted by Crippen LogP contribution is -2.49. The van der Waals surface area contributed by atoms with Crippen molar-refractivity contribution < 1.29 is 19.5 Å². The van der Waals surface area contributed by atoms with Gasteiger partial charge in [-0.3, -0.25) is 24.6 Å². The highest BCUT2D eigenvalue weighted by atomic mass is 16.4. The third kappa shape index (κ3) is 2.82. The largest absolute Gasteiger partial charge is 0.480 e. The van der Waals surface area contributed by atoms with E-state index in [0.29, 0.717) is 6.54 Å². The first-order valence-corrected chi connectivity index (χ1v) is 5.71. The number of carbonyl (C=O) groups is 3. The van der Waals surface area contributed by atoms with Crippen LogP contribution >= 0.6 is 0 Å². The zero-order valence-electron chi connectivity index (χ0n) is 10.3. The summed E-state index contributed by atoms with van der Waals surface area (Å²) in [6.45, 7) is 5.56. The van der Waals surface area contributed by atoms with Gasteiger partial charge in [0, 0.05) is 6.54 Å². The van der Waals surface area contributed by atoms with Crippen molar-refractivity contribution in [1.82, 2.24) is 10.2 Å². The molecule has 0 bridgehead atoms. The van der Waals surface area contributed by atoms with Crippen molar-refractivity contribution in [3.05, 3.63) is 0 Å².